The van der Waals surface area contributed by atoms with Crippen LogP contribution in [0.5, 0.6) is 5.75 Å². The molecule has 0 unspecified atom stereocenters. The Labute approximate surface area is 114 Å². The number of hydrogen-bond acceptors (Lipinski definition) is 5. The van der Waals surface area contributed by atoms with Crippen molar-refractivity contribution in [1.82, 2.24) is 9.97 Å². The van der Waals surface area contributed by atoms with Crippen molar-refractivity contribution in [1.29, 1.82) is 0 Å². The van der Waals surface area contributed by atoms with E-state index in [9.17, 15) is 0 Å². The molecule has 2 rings (SSSR count). The minimum absolute atomic E-state index is 0.311. The number of anilines is 2. The lowest BCUT2D eigenvalue weighted by atomic mass is 10.3. The maximum Gasteiger partial charge on any atom is 0.144 e. The second kappa shape index (κ2) is 5.79. The SMILES string of the molecule is COc1ccc(Br)cc1Nc1ccnc(CN)n1. The number of hydrogen-bond donors (Lipinski definition) is 2. The zero-order valence-corrected chi connectivity index (χ0v) is 11.4. The van der Waals surface area contributed by atoms with Gasteiger partial charge in [-0.3, -0.25) is 0 Å². The molecule has 2 aromatic rings. The zero-order chi connectivity index (χ0) is 13.0. The normalized spacial score (nSPS) is 10.2. The van der Waals surface area contributed by atoms with Crippen LogP contribution in [-0.2, 0) is 6.54 Å². The van der Waals surface area contributed by atoms with E-state index in [1.165, 1.54) is 0 Å². The number of rotatable bonds is 4. The van der Waals surface area contributed by atoms with Crippen molar-refractivity contribution >= 4 is 27.4 Å². The molecule has 0 aliphatic rings. The second-order valence-electron chi connectivity index (χ2n) is 3.53. The monoisotopic (exact) mass is 308 g/mol. The third-order valence-electron chi connectivity index (χ3n) is 2.31. The van der Waals surface area contributed by atoms with Gasteiger partial charge in [0.25, 0.3) is 0 Å². The van der Waals surface area contributed by atoms with Gasteiger partial charge in [0.15, 0.2) is 0 Å². The van der Waals surface area contributed by atoms with Crippen LogP contribution in [0.4, 0.5) is 11.5 Å². The van der Waals surface area contributed by atoms with E-state index in [-0.39, 0.29) is 0 Å². The Kier molecular flexibility index (Phi) is 4.11. The van der Waals surface area contributed by atoms with Gasteiger partial charge >= 0.3 is 0 Å². The Hall–Kier alpha value is -1.66. The van der Waals surface area contributed by atoms with Crippen molar-refractivity contribution in [2.75, 3.05) is 12.4 Å². The van der Waals surface area contributed by atoms with Gasteiger partial charge < -0.3 is 15.8 Å². The minimum atomic E-state index is 0.311. The molecular weight excluding hydrogens is 296 g/mol. The molecule has 94 valence electrons. The number of benzene rings is 1. The predicted molar refractivity (Wildman–Crippen MR) is 73.9 cm³/mol. The average molecular weight is 309 g/mol. The zero-order valence-electron chi connectivity index (χ0n) is 9.85. The lowest BCUT2D eigenvalue weighted by Crippen LogP contribution is -2.05. The van der Waals surface area contributed by atoms with Crippen molar-refractivity contribution in [3.05, 3.63) is 40.8 Å². The first-order valence-corrected chi connectivity index (χ1v) is 6.15. The van der Waals surface area contributed by atoms with Crippen LogP contribution in [0.2, 0.25) is 0 Å². The molecule has 0 fully saturated rings. The average Bonchev–Trinajstić information content (AvgIpc) is 2.39. The summed E-state index contributed by atoms with van der Waals surface area (Å²) in [5.41, 5.74) is 6.33. The molecule has 0 aliphatic carbocycles. The molecule has 5 nitrogen and oxygen atoms in total. The van der Waals surface area contributed by atoms with Gasteiger partial charge in [0, 0.05) is 10.7 Å². The summed E-state index contributed by atoms with van der Waals surface area (Å²) < 4.78 is 6.23. The second-order valence-corrected chi connectivity index (χ2v) is 4.45. The van der Waals surface area contributed by atoms with Crippen LogP contribution < -0.4 is 15.8 Å². The Bertz CT molecular complexity index is 547. The van der Waals surface area contributed by atoms with Crippen molar-refractivity contribution in [2.24, 2.45) is 5.73 Å². The molecule has 0 spiro atoms. The number of halogens is 1. The summed E-state index contributed by atoms with van der Waals surface area (Å²) in [5, 5.41) is 3.18. The third kappa shape index (κ3) is 2.96. The highest BCUT2D eigenvalue weighted by atomic mass is 79.9. The van der Waals surface area contributed by atoms with Crippen molar-refractivity contribution in [2.45, 2.75) is 6.54 Å². The molecule has 18 heavy (non-hydrogen) atoms. The van der Waals surface area contributed by atoms with Crippen LogP contribution in [-0.4, -0.2) is 17.1 Å². The van der Waals surface area contributed by atoms with Crippen LogP contribution in [0.15, 0.2) is 34.9 Å². The van der Waals surface area contributed by atoms with E-state index in [0.29, 0.717) is 18.2 Å². The lowest BCUT2D eigenvalue weighted by molar-refractivity contribution is 0.416. The molecule has 0 atom stereocenters. The molecule has 0 radical (unpaired) electrons. The van der Waals surface area contributed by atoms with E-state index in [0.717, 1.165) is 15.9 Å². The van der Waals surface area contributed by atoms with Gasteiger partial charge in [-0.05, 0) is 24.3 Å². The first-order chi connectivity index (χ1) is 8.72. The fourth-order valence-electron chi connectivity index (χ4n) is 1.48. The fourth-order valence-corrected chi connectivity index (χ4v) is 1.84. The number of nitrogens with two attached hydrogens (primary N) is 1. The Morgan fingerprint density at radius 2 is 2.22 bits per heavy atom. The van der Waals surface area contributed by atoms with Crippen molar-refractivity contribution in [3.8, 4) is 5.75 Å². The molecule has 0 aliphatic heterocycles. The first-order valence-electron chi connectivity index (χ1n) is 5.35. The van der Waals surface area contributed by atoms with E-state index in [1.54, 1.807) is 19.4 Å². The number of nitrogens with one attached hydrogen (secondary N) is 1. The van der Waals surface area contributed by atoms with Gasteiger partial charge in [0.2, 0.25) is 0 Å². The highest BCUT2D eigenvalue weighted by Gasteiger charge is 2.05. The van der Waals surface area contributed by atoms with Gasteiger partial charge in [-0.2, -0.15) is 0 Å². The van der Waals surface area contributed by atoms with Gasteiger partial charge in [-0.1, -0.05) is 15.9 Å². The summed E-state index contributed by atoms with van der Waals surface area (Å²) in [6.07, 6.45) is 1.67. The molecule has 1 aromatic heterocycles. The smallest absolute Gasteiger partial charge is 0.144 e. The number of methoxy groups -OCH3 is 1. The molecule has 0 saturated carbocycles. The van der Waals surface area contributed by atoms with E-state index < -0.39 is 0 Å². The van der Waals surface area contributed by atoms with Gasteiger partial charge in [0.1, 0.15) is 17.4 Å². The highest BCUT2D eigenvalue weighted by Crippen LogP contribution is 2.29. The number of ether oxygens (including phenoxy) is 1. The predicted octanol–water partition coefficient (Wildman–Crippen LogP) is 2.45. The summed E-state index contributed by atoms with van der Waals surface area (Å²) in [6.45, 7) is 0.311. The molecule has 0 amide bonds. The van der Waals surface area contributed by atoms with Crippen LogP contribution in [0, 0.1) is 0 Å². The van der Waals surface area contributed by atoms with E-state index in [4.69, 9.17) is 10.5 Å². The molecule has 0 bridgehead atoms. The van der Waals surface area contributed by atoms with Crippen LogP contribution in [0.3, 0.4) is 0 Å². The largest absolute Gasteiger partial charge is 0.495 e. The minimum Gasteiger partial charge on any atom is -0.495 e. The summed E-state index contributed by atoms with van der Waals surface area (Å²) in [4.78, 5) is 8.32. The molecule has 1 heterocycles. The quantitative estimate of drug-likeness (QED) is 0.907. The summed E-state index contributed by atoms with van der Waals surface area (Å²) in [7, 11) is 1.62. The molecule has 6 heteroatoms. The maximum atomic E-state index is 5.51. The van der Waals surface area contributed by atoms with E-state index in [1.807, 2.05) is 18.2 Å². The van der Waals surface area contributed by atoms with Gasteiger partial charge in [-0.25, -0.2) is 9.97 Å². The van der Waals surface area contributed by atoms with Crippen LogP contribution in [0.1, 0.15) is 5.82 Å². The molecule has 1 aromatic carbocycles. The Balaban J connectivity index is 2.29. The number of nitrogens with zero attached hydrogens (tertiary/aromatic N) is 2. The summed E-state index contributed by atoms with van der Waals surface area (Å²) in [5.74, 6) is 2.02. The first kappa shape index (κ1) is 12.8. The highest BCUT2D eigenvalue weighted by molar-refractivity contribution is 9.10. The number of aromatic nitrogens is 2. The molecule has 3 N–H and O–H groups in total. The van der Waals surface area contributed by atoms with Gasteiger partial charge in [0.05, 0.1) is 19.3 Å². The summed E-state index contributed by atoms with van der Waals surface area (Å²) in [6, 6.07) is 7.48. The van der Waals surface area contributed by atoms with Crippen molar-refractivity contribution < 1.29 is 4.74 Å². The lowest BCUT2D eigenvalue weighted by Gasteiger charge is -2.11. The van der Waals surface area contributed by atoms with E-state index in [2.05, 4.69) is 31.2 Å². The molecular formula is C12H13BrN4O. The topological polar surface area (TPSA) is 73.1 Å². The third-order valence-corrected chi connectivity index (χ3v) is 2.81. The van der Waals surface area contributed by atoms with Crippen LogP contribution >= 0.6 is 15.9 Å². The van der Waals surface area contributed by atoms with Crippen molar-refractivity contribution in [3.63, 3.8) is 0 Å². The maximum absolute atomic E-state index is 5.51. The Morgan fingerprint density at radius 3 is 2.94 bits per heavy atom. The van der Waals surface area contributed by atoms with Crippen LogP contribution in [0.25, 0.3) is 0 Å². The van der Waals surface area contributed by atoms with E-state index >= 15 is 0 Å². The standard InChI is InChI=1S/C12H13BrN4O/c1-18-10-3-2-8(13)6-9(10)16-11-4-5-15-12(7-14)17-11/h2-6H,7,14H2,1H3,(H,15,16,17). The molecule has 0 saturated heterocycles. The Morgan fingerprint density at radius 1 is 1.39 bits per heavy atom. The van der Waals surface area contributed by atoms with Gasteiger partial charge in [-0.15, -0.1) is 0 Å². The fraction of sp³-hybridized carbons (Fsp3) is 0.167. The summed E-state index contributed by atoms with van der Waals surface area (Å²) >= 11 is 3.42.